The maximum absolute atomic E-state index is 13.8. The van der Waals surface area contributed by atoms with Gasteiger partial charge in [-0.2, -0.15) is 0 Å². The maximum Gasteiger partial charge on any atom is 0.253 e. The molecule has 0 saturated heterocycles. The van der Waals surface area contributed by atoms with Crippen molar-refractivity contribution in [1.82, 2.24) is 30.1 Å². The van der Waals surface area contributed by atoms with Crippen molar-refractivity contribution in [2.45, 2.75) is 51.9 Å². The Balaban J connectivity index is 1.56. The van der Waals surface area contributed by atoms with Crippen molar-refractivity contribution in [1.29, 1.82) is 0 Å². The molecule has 1 aliphatic heterocycles. The lowest BCUT2D eigenvalue weighted by Gasteiger charge is -2.33. The Morgan fingerprint density at radius 2 is 1.85 bits per heavy atom. The first-order chi connectivity index (χ1) is 18.9. The van der Waals surface area contributed by atoms with Crippen LogP contribution in [0, 0.1) is 0 Å². The second kappa shape index (κ2) is 10.0. The van der Waals surface area contributed by atoms with Crippen LogP contribution >= 0.6 is 0 Å². The van der Waals surface area contributed by atoms with Crippen molar-refractivity contribution in [2.75, 3.05) is 6.79 Å². The molecule has 1 atom stereocenters. The van der Waals surface area contributed by atoms with Crippen molar-refractivity contribution in [3.63, 3.8) is 0 Å². The molecule has 1 unspecified atom stereocenters. The van der Waals surface area contributed by atoms with E-state index < -0.39 is 6.04 Å². The molecular formula is C29H30N6O4. The van der Waals surface area contributed by atoms with E-state index in [0.29, 0.717) is 41.5 Å². The fraction of sp³-hybridized carbons (Fsp3) is 0.310. The molecule has 0 spiro atoms. The average molecular weight is 527 g/mol. The van der Waals surface area contributed by atoms with Gasteiger partial charge in [0.25, 0.3) is 5.56 Å². The lowest BCUT2D eigenvalue weighted by Crippen LogP contribution is -2.38. The first-order valence-electron chi connectivity index (χ1n) is 13.0. The van der Waals surface area contributed by atoms with Gasteiger partial charge in [-0.15, -0.1) is 5.10 Å². The number of pyridine rings is 1. The van der Waals surface area contributed by atoms with E-state index in [9.17, 15) is 4.79 Å². The third-order valence-corrected chi connectivity index (χ3v) is 7.37. The van der Waals surface area contributed by atoms with Crippen LogP contribution in [0.3, 0.4) is 0 Å². The van der Waals surface area contributed by atoms with Gasteiger partial charge in [0, 0.05) is 23.6 Å². The molecule has 2 aromatic carbocycles. The highest BCUT2D eigenvalue weighted by Crippen LogP contribution is 2.37. The molecule has 6 rings (SSSR count). The van der Waals surface area contributed by atoms with E-state index in [1.165, 1.54) is 0 Å². The number of H-pyrrole nitrogens is 1. The van der Waals surface area contributed by atoms with Gasteiger partial charge in [0.15, 0.2) is 17.3 Å². The SMILES string of the molecule is CCC(C)(C)n1nnnc1C(c1cc2cc3c(cc2[nH]c1=O)OCO3)N(Cc1ccccc1)Cc1ccco1. The minimum Gasteiger partial charge on any atom is -0.468 e. The molecule has 39 heavy (non-hydrogen) atoms. The highest BCUT2D eigenvalue weighted by atomic mass is 16.7. The van der Waals surface area contributed by atoms with E-state index in [2.05, 4.69) is 58.3 Å². The summed E-state index contributed by atoms with van der Waals surface area (Å²) in [6.07, 6.45) is 2.45. The van der Waals surface area contributed by atoms with Crippen molar-refractivity contribution in [3.05, 3.63) is 100.0 Å². The number of rotatable bonds is 9. The van der Waals surface area contributed by atoms with Crippen LogP contribution in [-0.2, 0) is 18.6 Å². The molecule has 200 valence electrons. The predicted octanol–water partition coefficient (Wildman–Crippen LogP) is 4.77. The zero-order valence-corrected chi connectivity index (χ0v) is 22.1. The number of furan rings is 1. The molecule has 1 N–H and O–H groups in total. The van der Waals surface area contributed by atoms with E-state index in [0.717, 1.165) is 23.1 Å². The fourth-order valence-electron chi connectivity index (χ4n) is 4.92. The van der Waals surface area contributed by atoms with E-state index >= 15 is 0 Å². The monoisotopic (exact) mass is 526 g/mol. The average Bonchev–Trinajstić information content (AvgIpc) is 3.71. The summed E-state index contributed by atoms with van der Waals surface area (Å²) in [7, 11) is 0. The van der Waals surface area contributed by atoms with Crippen molar-refractivity contribution in [3.8, 4) is 11.5 Å². The normalized spacial score (nSPS) is 13.8. The first kappa shape index (κ1) is 24.9. The van der Waals surface area contributed by atoms with Crippen LogP contribution in [0.1, 0.15) is 55.9 Å². The van der Waals surface area contributed by atoms with E-state index in [1.807, 2.05) is 47.1 Å². The molecule has 10 heteroatoms. The number of tetrazole rings is 1. The van der Waals surface area contributed by atoms with Crippen LogP contribution in [0.4, 0.5) is 0 Å². The summed E-state index contributed by atoms with van der Waals surface area (Å²) in [4.78, 5) is 19.0. The van der Waals surface area contributed by atoms with Gasteiger partial charge in [0.1, 0.15) is 11.8 Å². The van der Waals surface area contributed by atoms with E-state index in [-0.39, 0.29) is 17.9 Å². The maximum atomic E-state index is 13.8. The zero-order chi connectivity index (χ0) is 27.0. The number of aromatic amines is 1. The molecule has 3 aromatic heterocycles. The Kier molecular flexibility index (Phi) is 6.40. The largest absolute Gasteiger partial charge is 0.468 e. The van der Waals surface area contributed by atoms with Gasteiger partial charge in [-0.25, -0.2) is 4.68 Å². The number of nitrogens with zero attached hydrogens (tertiary/aromatic N) is 5. The summed E-state index contributed by atoms with van der Waals surface area (Å²) in [5.74, 6) is 2.60. The van der Waals surface area contributed by atoms with Gasteiger partial charge >= 0.3 is 0 Å². The number of ether oxygens (including phenoxy) is 2. The third kappa shape index (κ3) is 4.79. The van der Waals surface area contributed by atoms with Gasteiger partial charge in [-0.1, -0.05) is 37.3 Å². The summed E-state index contributed by atoms with van der Waals surface area (Å²) in [5, 5.41) is 13.8. The molecule has 0 radical (unpaired) electrons. The minimum atomic E-state index is -0.588. The lowest BCUT2D eigenvalue weighted by atomic mass is 9.98. The molecule has 4 heterocycles. The Labute approximate surface area is 225 Å². The number of aromatic nitrogens is 5. The highest BCUT2D eigenvalue weighted by Gasteiger charge is 2.35. The molecule has 0 bridgehead atoms. The van der Waals surface area contributed by atoms with Gasteiger partial charge in [-0.3, -0.25) is 9.69 Å². The summed E-state index contributed by atoms with van der Waals surface area (Å²) < 4.78 is 18.7. The minimum absolute atomic E-state index is 0.153. The Hall–Kier alpha value is -4.44. The molecular weight excluding hydrogens is 496 g/mol. The molecule has 0 saturated carbocycles. The molecule has 0 amide bonds. The molecule has 1 aliphatic rings. The Bertz CT molecular complexity index is 1640. The smallest absolute Gasteiger partial charge is 0.253 e. The van der Waals surface area contributed by atoms with Crippen molar-refractivity contribution in [2.24, 2.45) is 0 Å². The molecule has 10 nitrogen and oxygen atoms in total. The summed E-state index contributed by atoms with van der Waals surface area (Å²) >= 11 is 0. The molecule has 0 aliphatic carbocycles. The van der Waals surface area contributed by atoms with Gasteiger partial charge in [-0.05, 0) is 60.5 Å². The Morgan fingerprint density at radius 3 is 2.59 bits per heavy atom. The summed E-state index contributed by atoms with van der Waals surface area (Å²) in [6, 6.07) is 18.9. The topological polar surface area (TPSA) is 111 Å². The van der Waals surface area contributed by atoms with Crippen LogP contribution in [-0.4, -0.2) is 36.9 Å². The van der Waals surface area contributed by atoms with Crippen LogP contribution in [0.25, 0.3) is 10.9 Å². The summed E-state index contributed by atoms with van der Waals surface area (Å²) in [6.45, 7) is 7.39. The van der Waals surface area contributed by atoms with Gasteiger partial charge in [0.2, 0.25) is 6.79 Å². The third-order valence-electron chi connectivity index (χ3n) is 7.37. The number of hydrogen-bond donors (Lipinski definition) is 1. The van der Waals surface area contributed by atoms with Crippen molar-refractivity contribution < 1.29 is 13.9 Å². The van der Waals surface area contributed by atoms with Crippen molar-refractivity contribution >= 4 is 10.9 Å². The van der Waals surface area contributed by atoms with E-state index in [4.69, 9.17) is 13.9 Å². The van der Waals surface area contributed by atoms with Crippen LogP contribution < -0.4 is 15.0 Å². The highest BCUT2D eigenvalue weighted by molar-refractivity contribution is 5.83. The van der Waals surface area contributed by atoms with Crippen LogP contribution in [0.15, 0.2) is 76.1 Å². The second-order valence-corrected chi connectivity index (χ2v) is 10.3. The first-order valence-corrected chi connectivity index (χ1v) is 13.0. The van der Waals surface area contributed by atoms with Crippen LogP contribution in [0.5, 0.6) is 11.5 Å². The summed E-state index contributed by atoms with van der Waals surface area (Å²) in [5.41, 5.74) is 1.67. The number of fused-ring (bicyclic) bond motifs is 2. The zero-order valence-electron chi connectivity index (χ0n) is 22.1. The number of benzene rings is 2. The molecule has 0 fully saturated rings. The van der Waals surface area contributed by atoms with E-state index in [1.54, 1.807) is 12.3 Å². The lowest BCUT2D eigenvalue weighted by molar-refractivity contribution is 0.168. The van der Waals surface area contributed by atoms with Gasteiger partial charge in [0.05, 0.1) is 23.9 Å². The molecule has 5 aromatic rings. The quantitative estimate of drug-likeness (QED) is 0.292. The number of nitrogens with one attached hydrogen (secondary N) is 1. The second-order valence-electron chi connectivity index (χ2n) is 10.3. The standard InChI is InChI=1S/C29H30N6O4/c1-4-29(2,3)35-27(31-32-33-35)26(34(17-21-11-8-12-37-21)16-19-9-6-5-7-10-19)22-13-20-14-24-25(39-18-38-24)15-23(20)30-28(22)36/h5-15,26H,4,16-18H2,1-3H3,(H,30,36). The van der Waals surface area contributed by atoms with Gasteiger partial charge < -0.3 is 18.9 Å². The fourth-order valence-corrected chi connectivity index (χ4v) is 4.92. The number of hydrogen-bond acceptors (Lipinski definition) is 8. The predicted molar refractivity (Wildman–Crippen MR) is 144 cm³/mol. The Morgan fingerprint density at radius 1 is 1.05 bits per heavy atom. The van der Waals surface area contributed by atoms with Crippen LogP contribution in [0.2, 0.25) is 0 Å².